The zero-order chi connectivity index (χ0) is 16.2. The first-order valence-corrected chi connectivity index (χ1v) is 6.76. The van der Waals surface area contributed by atoms with Crippen molar-refractivity contribution < 1.29 is 14.3 Å². The third kappa shape index (κ3) is 6.13. The van der Waals surface area contributed by atoms with E-state index in [9.17, 15) is 4.79 Å². The van der Waals surface area contributed by atoms with E-state index in [2.05, 4.69) is 11.2 Å². The molecule has 5 nitrogen and oxygen atoms in total. The van der Waals surface area contributed by atoms with Gasteiger partial charge in [0.25, 0.3) is 5.91 Å². The maximum absolute atomic E-state index is 11.9. The summed E-state index contributed by atoms with van der Waals surface area (Å²) in [5, 5.41) is 11.8. The van der Waals surface area contributed by atoms with Crippen LogP contribution in [0.3, 0.4) is 0 Å². The van der Waals surface area contributed by atoms with Crippen molar-refractivity contribution in [1.82, 2.24) is 5.32 Å². The molecule has 0 spiro atoms. The molecule has 1 amide bonds. The Morgan fingerprint density at radius 1 is 1.41 bits per heavy atom. The van der Waals surface area contributed by atoms with Gasteiger partial charge in [-0.2, -0.15) is 5.26 Å². The number of amides is 1. The molecule has 1 aromatic carbocycles. The number of ether oxygens (including phenoxy) is 2. The first-order valence-electron chi connectivity index (χ1n) is 6.76. The number of benzene rings is 1. The van der Waals surface area contributed by atoms with Crippen molar-refractivity contribution in [2.45, 2.75) is 6.42 Å². The van der Waals surface area contributed by atoms with Crippen molar-refractivity contribution in [1.29, 1.82) is 5.26 Å². The average Bonchev–Trinajstić information content (AvgIpc) is 2.55. The van der Waals surface area contributed by atoms with Crippen LogP contribution in [0.1, 0.15) is 12.0 Å². The quantitative estimate of drug-likeness (QED) is 0.343. The molecule has 1 N–H and O–H groups in total. The smallest absolute Gasteiger partial charge is 0.261 e. The number of nitrogens with zero attached hydrogens (tertiary/aromatic N) is 1. The molecule has 0 saturated heterocycles. The molecule has 114 valence electrons. The van der Waals surface area contributed by atoms with Crippen molar-refractivity contribution in [3.8, 4) is 24.2 Å². The molecule has 5 heteroatoms. The summed E-state index contributed by atoms with van der Waals surface area (Å²) >= 11 is 0. The van der Waals surface area contributed by atoms with Crippen LogP contribution in [0.15, 0.2) is 29.8 Å². The number of carbonyl (C=O) groups excluding carboxylic acids is 1. The fourth-order valence-corrected chi connectivity index (χ4v) is 1.61. The lowest BCUT2D eigenvalue weighted by Crippen LogP contribution is -2.26. The first kappa shape index (κ1) is 17.3. The summed E-state index contributed by atoms with van der Waals surface area (Å²) < 4.78 is 10.1. The van der Waals surface area contributed by atoms with E-state index in [0.717, 1.165) is 5.56 Å². The zero-order valence-electron chi connectivity index (χ0n) is 12.5. The van der Waals surface area contributed by atoms with Gasteiger partial charge in [-0.1, -0.05) is 18.1 Å². The monoisotopic (exact) mass is 298 g/mol. The van der Waals surface area contributed by atoms with Crippen molar-refractivity contribution >= 4 is 12.0 Å². The number of rotatable bonds is 8. The average molecular weight is 298 g/mol. The van der Waals surface area contributed by atoms with Crippen LogP contribution >= 0.6 is 0 Å². The van der Waals surface area contributed by atoms with Gasteiger partial charge in [-0.25, -0.2) is 0 Å². The molecule has 0 fully saturated rings. The van der Waals surface area contributed by atoms with Crippen LogP contribution in [0, 0.1) is 23.7 Å². The van der Waals surface area contributed by atoms with Gasteiger partial charge in [0.05, 0.1) is 0 Å². The molecule has 0 aliphatic heterocycles. The van der Waals surface area contributed by atoms with Gasteiger partial charge in [0.1, 0.15) is 24.0 Å². The van der Waals surface area contributed by atoms with Gasteiger partial charge in [0, 0.05) is 20.3 Å². The molecule has 22 heavy (non-hydrogen) atoms. The highest BCUT2D eigenvalue weighted by molar-refractivity contribution is 6.01. The molecule has 0 radical (unpaired) electrons. The van der Waals surface area contributed by atoms with Gasteiger partial charge < -0.3 is 14.8 Å². The molecule has 0 bridgehead atoms. The minimum atomic E-state index is -0.397. The molecule has 0 heterocycles. The second-order valence-corrected chi connectivity index (χ2v) is 4.33. The Hall–Kier alpha value is -2.76. The van der Waals surface area contributed by atoms with E-state index in [-0.39, 0.29) is 12.2 Å². The van der Waals surface area contributed by atoms with E-state index < -0.39 is 5.91 Å². The molecule has 0 unspecified atom stereocenters. The standard InChI is InChI=1S/C17H18N2O3/c1-3-10-22-16-7-5-14(6-8-16)12-15(13-18)17(20)19-9-4-11-21-2/h1,5-8,12H,4,9-11H2,2H3,(H,19,20). The third-order valence-electron chi connectivity index (χ3n) is 2.69. The van der Waals surface area contributed by atoms with E-state index in [1.165, 1.54) is 6.08 Å². The van der Waals surface area contributed by atoms with Gasteiger partial charge in [-0.15, -0.1) is 6.42 Å². The minimum Gasteiger partial charge on any atom is -0.481 e. The lowest BCUT2D eigenvalue weighted by Gasteiger charge is -2.04. The molecule has 0 aromatic heterocycles. The number of methoxy groups -OCH3 is 1. The summed E-state index contributed by atoms with van der Waals surface area (Å²) in [6.07, 6.45) is 7.33. The topological polar surface area (TPSA) is 71.3 Å². The maximum atomic E-state index is 11.9. The molecule has 0 saturated carbocycles. The highest BCUT2D eigenvalue weighted by Gasteiger charge is 2.08. The van der Waals surface area contributed by atoms with Gasteiger partial charge in [-0.3, -0.25) is 4.79 Å². The van der Waals surface area contributed by atoms with Gasteiger partial charge in [-0.05, 0) is 30.2 Å². The van der Waals surface area contributed by atoms with Crippen LogP contribution in [0.2, 0.25) is 0 Å². The number of hydrogen-bond donors (Lipinski definition) is 1. The highest BCUT2D eigenvalue weighted by atomic mass is 16.5. The third-order valence-corrected chi connectivity index (χ3v) is 2.69. The summed E-state index contributed by atoms with van der Waals surface area (Å²) in [5.41, 5.74) is 0.784. The van der Waals surface area contributed by atoms with Crippen LogP contribution in [-0.2, 0) is 9.53 Å². The number of carbonyl (C=O) groups is 1. The lowest BCUT2D eigenvalue weighted by atomic mass is 10.1. The second-order valence-electron chi connectivity index (χ2n) is 4.33. The minimum absolute atomic E-state index is 0.0507. The normalized spacial score (nSPS) is 10.4. The number of nitrogens with one attached hydrogen (secondary N) is 1. The van der Waals surface area contributed by atoms with Gasteiger partial charge in [0.2, 0.25) is 0 Å². The summed E-state index contributed by atoms with van der Waals surface area (Å²) in [4.78, 5) is 11.9. The predicted octanol–water partition coefficient (Wildman–Crippen LogP) is 1.76. The molecule has 1 rings (SSSR count). The van der Waals surface area contributed by atoms with E-state index >= 15 is 0 Å². The number of hydrogen-bond acceptors (Lipinski definition) is 4. The predicted molar refractivity (Wildman–Crippen MR) is 83.9 cm³/mol. The fraction of sp³-hybridized carbons (Fsp3) is 0.294. The van der Waals surface area contributed by atoms with Gasteiger partial charge in [0.15, 0.2) is 0 Å². The van der Waals surface area contributed by atoms with Gasteiger partial charge >= 0.3 is 0 Å². The Labute approximate surface area is 130 Å². The zero-order valence-corrected chi connectivity index (χ0v) is 12.5. The summed E-state index contributed by atoms with van der Waals surface area (Å²) in [7, 11) is 1.60. The van der Waals surface area contributed by atoms with E-state index in [1.807, 2.05) is 6.07 Å². The molecular weight excluding hydrogens is 280 g/mol. The lowest BCUT2D eigenvalue weighted by molar-refractivity contribution is -0.117. The maximum Gasteiger partial charge on any atom is 0.261 e. The Balaban J connectivity index is 2.65. The van der Waals surface area contributed by atoms with Crippen LogP contribution in [-0.4, -0.2) is 32.8 Å². The van der Waals surface area contributed by atoms with Crippen molar-refractivity contribution in [2.24, 2.45) is 0 Å². The van der Waals surface area contributed by atoms with Crippen molar-refractivity contribution in [3.05, 3.63) is 35.4 Å². The Bertz CT molecular complexity index is 592. The molecule has 0 aliphatic rings. The fourth-order valence-electron chi connectivity index (χ4n) is 1.61. The largest absolute Gasteiger partial charge is 0.481 e. The number of nitriles is 1. The van der Waals surface area contributed by atoms with Crippen molar-refractivity contribution in [2.75, 3.05) is 26.9 Å². The molecule has 0 aliphatic carbocycles. The summed E-state index contributed by atoms with van der Waals surface area (Å²) in [6, 6.07) is 8.86. The summed E-state index contributed by atoms with van der Waals surface area (Å²) in [6.45, 7) is 1.22. The van der Waals surface area contributed by atoms with Crippen LogP contribution in [0.4, 0.5) is 0 Å². The SMILES string of the molecule is C#CCOc1ccc(C=C(C#N)C(=O)NCCCOC)cc1. The Morgan fingerprint density at radius 3 is 2.73 bits per heavy atom. The summed E-state index contributed by atoms with van der Waals surface area (Å²) in [5.74, 6) is 2.62. The van der Waals surface area contributed by atoms with Crippen LogP contribution in [0.5, 0.6) is 5.75 Å². The Morgan fingerprint density at radius 2 is 2.14 bits per heavy atom. The Kier molecular flexibility index (Phi) is 7.89. The van der Waals surface area contributed by atoms with E-state index in [4.69, 9.17) is 21.2 Å². The highest BCUT2D eigenvalue weighted by Crippen LogP contribution is 2.14. The second kappa shape index (κ2) is 10.0. The van der Waals surface area contributed by atoms with E-state index in [0.29, 0.717) is 25.3 Å². The first-order chi connectivity index (χ1) is 10.7. The van der Waals surface area contributed by atoms with Crippen LogP contribution < -0.4 is 10.1 Å². The van der Waals surface area contributed by atoms with Crippen molar-refractivity contribution in [3.63, 3.8) is 0 Å². The van der Waals surface area contributed by atoms with E-state index in [1.54, 1.807) is 31.4 Å². The van der Waals surface area contributed by atoms with Crippen LogP contribution in [0.25, 0.3) is 6.08 Å². The molecule has 0 atom stereocenters. The number of terminal acetylenes is 1. The molecular formula is C17H18N2O3. The molecule has 1 aromatic rings.